The molecule has 0 aliphatic heterocycles. The Morgan fingerprint density at radius 3 is 2.78 bits per heavy atom. The summed E-state index contributed by atoms with van der Waals surface area (Å²) in [4.78, 5) is 11.2. The topological polar surface area (TPSA) is 121 Å². The second kappa shape index (κ2) is 9.27. The number of nitro benzene ring substituents is 1. The molecule has 2 aromatic carbocycles. The van der Waals surface area contributed by atoms with Crippen LogP contribution in [0.5, 0.6) is 11.5 Å². The molecule has 11 heteroatoms. The molecule has 0 fully saturated rings. The number of hydrogen-bond donors (Lipinski definition) is 1. The van der Waals surface area contributed by atoms with Crippen molar-refractivity contribution in [2.24, 2.45) is 5.10 Å². The van der Waals surface area contributed by atoms with Gasteiger partial charge in [0.1, 0.15) is 6.61 Å². The van der Waals surface area contributed by atoms with Crippen LogP contribution in [0.3, 0.4) is 0 Å². The number of benzene rings is 2. The summed E-state index contributed by atoms with van der Waals surface area (Å²) >= 11 is 5.22. The van der Waals surface area contributed by atoms with Crippen molar-refractivity contribution in [3.05, 3.63) is 86.9 Å². The molecule has 0 radical (unpaired) electrons. The van der Waals surface area contributed by atoms with Crippen LogP contribution in [0.2, 0.25) is 0 Å². The summed E-state index contributed by atoms with van der Waals surface area (Å²) in [6, 6.07) is 15.7. The smallest absolute Gasteiger partial charge is 0.315 e. The molecule has 0 aliphatic rings. The van der Waals surface area contributed by atoms with Gasteiger partial charge in [0, 0.05) is 11.6 Å². The lowest BCUT2D eigenvalue weighted by atomic mass is 10.1. The number of rotatable bonds is 8. The molecule has 0 atom stereocenters. The normalized spacial score (nSPS) is 11.0. The van der Waals surface area contributed by atoms with Gasteiger partial charge in [0.15, 0.2) is 11.5 Å². The molecule has 0 spiro atoms. The fourth-order valence-electron chi connectivity index (χ4n) is 2.93. The number of aromatic nitrogens is 3. The number of ether oxygens (including phenoxy) is 2. The largest absolute Gasteiger partial charge is 0.493 e. The molecule has 162 valence electrons. The molecule has 0 amide bonds. The van der Waals surface area contributed by atoms with Crippen LogP contribution in [0, 0.1) is 14.9 Å². The number of nitro groups is 1. The maximum atomic E-state index is 11.7. The summed E-state index contributed by atoms with van der Waals surface area (Å²) in [5.41, 5.74) is 1.03. The average molecular weight is 451 g/mol. The van der Waals surface area contributed by atoms with E-state index in [4.69, 9.17) is 26.1 Å². The van der Waals surface area contributed by atoms with Crippen LogP contribution in [0.15, 0.2) is 70.4 Å². The molecule has 0 aliphatic carbocycles. The van der Waals surface area contributed by atoms with Gasteiger partial charge in [-0.3, -0.25) is 10.1 Å². The highest BCUT2D eigenvalue weighted by molar-refractivity contribution is 7.71. The molecule has 0 saturated heterocycles. The molecule has 0 saturated carbocycles. The molecule has 4 aromatic rings. The fourth-order valence-corrected chi connectivity index (χ4v) is 3.11. The van der Waals surface area contributed by atoms with Crippen molar-refractivity contribution in [2.75, 3.05) is 7.11 Å². The highest BCUT2D eigenvalue weighted by Gasteiger charge is 2.22. The van der Waals surface area contributed by atoms with E-state index >= 15 is 0 Å². The van der Waals surface area contributed by atoms with Gasteiger partial charge in [-0.15, -0.1) is 5.10 Å². The van der Waals surface area contributed by atoms with E-state index in [1.807, 2.05) is 30.3 Å². The van der Waals surface area contributed by atoms with Crippen LogP contribution in [0.4, 0.5) is 5.69 Å². The molecule has 32 heavy (non-hydrogen) atoms. The number of aromatic amines is 1. The quantitative estimate of drug-likeness (QED) is 0.180. The summed E-state index contributed by atoms with van der Waals surface area (Å²) in [6.45, 7) is 0.155. The van der Waals surface area contributed by atoms with E-state index in [1.54, 1.807) is 18.2 Å². The van der Waals surface area contributed by atoms with Gasteiger partial charge in [-0.1, -0.05) is 30.3 Å². The van der Waals surface area contributed by atoms with Gasteiger partial charge in [-0.2, -0.15) is 9.78 Å². The SMILES string of the molecule is COc1cc(/C=N\n2c(-c3ccco3)n[nH]c2=S)cc([N+](=O)[O-])c1OCc1ccccc1. The van der Waals surface area contributed by atoms with Crippen LogP contribution in [0.1, 0.15) is 11.1 Å². The molecule has 2 aromatic heterocycles. The Morgan fingerprint density at radius 1 is 1.28 bits per heavy atom. The van der Waals surface area contributed by atoms with Crippen molar-refractivity contribution in [1.29, 1.82) is 0 Å². The predicted molar refractivity (Wildman–Crippen MR) is 119 cm³/mol. The van der Waals surface area contributed by atoms with E-state index in [9.17, 15) is 10.1 Å². The number of furan rings is 1. The lowest BCUT2D eigenvalue weighted by Crippen LogP contribution is -2.03. The Bertz CT molecular complexity index is 1310. The Labute approximate surface area is 186 Å². The zero-order chi connectivity index (χ0) is 22.5. The highest BCUT2D eigenvalue weighted by Crippen LogP contribution is 2.38. The Morgan fingerprint density at radius 2 is 2.09 bits per heavy atom. The van der Waals surface area contributed by atoms with Crippen molar-refractivity contribution in [2.45, 2.75) is 6.61 Å². The molecule has 2 heterocycles. The minimum atomic E-state index is -0.530. The van der Waals surface area contributed by atoms with E-state index in [0.29, 0.717) is 17.1 Å². The van der Waals surface area contributed by atoms with Crippen molar-refractivity contribution in [3.63, 3.8) is 0 Å². The minimum Gasteiger partial charge on any atom is -0.493 e. The van der Waals surface area contributed by atoms with E-state index in [0.717, 1.165) is 5.56 Å². The standard InChI is InChI=1S/C21H17N5O5S/c1-29-18-11-15(12-22-25-20(23-24-21(25)32)17-8-5-9-30-17)10-16(26(27)28)19(18)31-13-14-6-3-2-4-7-14/h2-12H,13H2,1H3,(H,24,32)/b22-12-. The summed E-state index contributed by atoms with van der Waals surface area (Å²) in [7, 11) is 1.41. The summed E-state index contributed by atoms with van der Waals surface area (Å²) in [6.07, 6.45) is 2.91. The first-order chi connectivity index (χ1) is 15.6. The van der Waals surface area contributed by atoms with Crippen LogP contribution in [0.25, 0.3) is 11.6 Å². The van der Waals surface area contributed by atoms with Crippen LogP contribution in [-0.2, 0) is 6.61 Å². The second-order valence-corrected chi connectivity index (χ2v) is 6.88. The van der Waals surface area contributed by atoms with Crippen molar-refractivity contribution in [1.82, 2.24) is 14.9 Å². The molecule has 1 N–H and O–H groups in total. The Kier molecular flexibility index (Phi) is 6.08. The summed E-state index contributed by atoms with van der Waals surface area (Å²) < 4.78 is 18.0. The maximum Gasteiger partial charge on any atom is 0.315 e. The van der Waals surface area contributed by atoms with Gasteiger partial charge in [-0.05, 0) is 36.0 Å². The van der Waals surface area contributed by atoms with Crippen molar-refractivity contribution >= 4 is 24.1 Å². The highest BCUT2D eigenvalue weighted by atomic mass is 32.1. The lowest BCUT2D eigenvalue weighted by molar-refractivity contribution is -0.386. The van der Waals surface area contributed by atoms with Gasteiger partial charge < -0.3 is 13.9 Å². The van der Waals surface area contributed by atoms with Gasteiger partial charge in [0.2, 0.25) is 16.3 Å². The Hall–Kier alpha value is -4.25. The van der Waals surface area contributed by atoms with Gasteiger partial charge >= 0.3 is 5.69 Å². The lowest BCUT2D eigenvalue weighted by Gasteiger charge is -2.12. The number of nitrogens with one attached hydrogen (secondary N) is 1. The van der Waals surface area contributed by atoms with Crippen LogP contribution >= 0.6 is 12.2 Å². The molecular formula is C21H17N5O5S. The van der Waals surface area contributed by atoms with Crippen LogP contribution in [-0.4, -0.2) is 33.1 Å². The minimum absolute atomic E-state index is 0.0368. The first-order valence-corrected chi connectivity index (χ1v) is 9.76. The maximum absolute atomic E-state index is 11.7. The first-order valence-electron chi connectivity index (χ1n) is 9.35. The number of nitrogens with zero attached hydrogens (tertiary/aromatic N) is 4. The van der Waals surface area contributed by atoms with Crippen LogP contribution < -0.4 is 9.47 Å². The number of H-pyrrole nitrogens is 1. The monoisotopic (exact) mass is 451 g/mol. The van der Waals surface area contributed by atoms with E-state index in [2.05, 4.69) is 15.3 Å². The van der Waals surface area contributed by atoms with Crippen molar-refractivity contribution in [3.8, 4) is 23.1 Å². The van der Waals surface area contributed by atoms with E-state index in [-0.39, 0.29) is 28.6 Å². The zero-order valence-electron chi connectivity index (χ0n) is 16.8. The third kappa shape index (κ3) is 4.42. The van der Waals surface area contributed by atoms with Crippen molar-refractivity contribution < 1.29 is 18.8 Å². The molecular weight excluding hydrogens is 434 g/mol. The molecule has 0 unspecified atom stereocenters. The van der Waals surface area contributed by atoms with E-state index < -0.39 is 4.92 Å². The summed E-state index contributed by atoms with van der Waals surface area (Å²) in [5, 5.41) is 22.8. The third-order valence-electron chi connectivity index (χ3n) is 4.41. The number of hydrogen-bond acceptors (Lipinski definition) is 8. The fraction of sp³-hybridized carbons (Fsp3) is 0.0952. The summed E-state index contributed by atoms with van der Waals surface area (Å²) in [5.74, 6) is 1.07. The van der Waals surface area contributed by atoms with Gasteiger partial charge in [-0.25, -0.2) is 5.10 Å². The predicted octanol–water partition coefficient (Wildman–Crippen LogP) is 4.58. The average Bonchev–Trinajstić information content (AvgIpc) is 3.46. The zero-order valence-corrected chi connectivity index (χ0v) is 17.6. The van der Waals surface area contributed by atoms with Gasteiger partial charge in [0.05, 0.1) is 24.5 Å². The third-order valence-corrected chi connectivity index (χ3v) is 4.68. The molecule has 4 rings (SSSR count). The van der Waals surface area contributed by atoms with Gasteiger partial charge in [0.25, 0.3) is 0 Å². The molecule has 0 bridgehead atoms. The van der Waals surface area contributed by atoms with E-state index in [1.165, 1.54) is 30.3 Å². The molecule has 10 nitrogen and oxygen atoms in total. The number of methoxy groups -OCH3 is 1. The Balaban J connectivity index is 1.67. The second-order valence-electron chi connectivity index (χ2n) is 6.49. The first kappa shape index (κ1) is 21.0.